The number of halogens is 1. The summed E-state index contributed by atoms with van der Waals surface area (Å²) < 4.78 is 12.1. The van der Waals surface area contributed by atoms with E-state index in [1.165, 1.54) is 11.1 Å². The highest BCUT2D eigenvalue weighted by molar-refractivity contribution is 9.10. The second kappa shape index (κ2) is 5.22. The van der Waals surface area contributed by atoms with Gasteiger partial charge in [0, 0.05) is 10.0 Å². The van der Waals surface area contributed by atoms with Crippen LogP contribution in [0.15, 0.2) is 53.0 Å². The number of benzene rings is 2. The topological polar surface area (TPSA) is 18.5 Å². The molecule has 1 saturated heterocycles. The molecule has 0 atom stereocenters. The van der Waals surface area contributed by atoms with Crippen LogP contribution in [0.5, 0.6) is 0 Å². The molecule has 0 radical (unpaired) electrons. The first-order chi connectivity index (χ1) is 8.83. The molecule has 1 fully saturated rings. The van der Waals surface area contributed by atoms with Crippen molar-refractivity contribution in [2.45, 2.75) is 6.29 Å². The standard InChI is InChI=1S/C15H13BrO2/c16-14-6-2-4-12(10-14)11-3-1-5-13(9-11)15-17-7-8-18-15/h1-6,9-10,15H,7-8H2. The molecule has 0 amide bonds. The molecule has 3 rings (SSSR count). The second-order valence-electron chi connectivity index (χ2n) is 4.21. The Labute approximate surface area is 115 Å². The molecule has 1 aliphatic heterocycles. The summed E-state index contributed by atoms with van der Waals surface area (Å²) in [4.78, 5) is 0. The molecular weight excluding hydrogens is 292 g/mol. The van der Waals surface area contributed by atoms with Gasteiger partial charge in [0.25, 0.3) is 0 Å². The van der Waals surface area contributed by atoms with E-state index in [2.05, 4.69) is 40.2 Å². The molecule has 2 aromatic carbocycles. The third-order valence-corrected chi connectivity index (χ3v) is 3.43. The summed E-state index contributed by atoms with van der Waals surface area (Å²) in [6, 6.07) is 16.6. The van der Waals surface area contributed by atoms with Crippen LogP contribution in [-0.4, -0.2) is 13.2 Å². The molecular formula is C15H13BrO2. The van der Waals surface area contributed by atoms with Crippen LogP contribution >= 0.6 is 15.9 Å². The molecule has 1 heterocycles. The van der Waals surface area contributed by atoms with Crippen molar-refractivity contribution in [3.05, 3.63) is 58.6 Å². The summed E-state index contributed by atoms with van der Waals surface area (Å²) in [6.45, 7) is 1.34. The van der Waals surface area contributed by atoms with Crippen LogP contribution in [0.1, 0.15) is 11.9 Å². The Morgan fingerprint density at radius 1 is 0.889 bits per heavy atom. The van der Waals surface area contributed by atoms with Crippen LogP contribution in [0.3, 0.4) is 0 Å². The average molecular weight is 305 g/mol. The minimum absolute atomic E-state index is 0.211. The van der Waals surface area contributed by atoms with Crippen LogP contribution < -0.4 is 0 Å². The molecule has 0 bridgehead atoms. The van der Waals surface area contributed by atoms with Gasteiger partial charge in [0.15, 0.2) is 6.29 Å². The molecule has 0 aromatic heterocycles. The SMILES string of the molecule is Brc1cccc(-c2cccc(C3OCCO3)c2)c1. The third kappa shape index (κ3) is 2.48. The normalized spacial score (nSPS) is 16.1. The maximum atomic E-state index is 5.52. The Balaban J connectivity index is 1.95. The fraction of sp³-hybridized carbons (Fsp3) is 0.200. The quantitative estimate of drug-likeness (QED) is 0.829. The zero-order valence-corrected chi connectivity index (χ0v) is 11.4. The molecule has 0 spiro atoms. The molecule has 0 saturated carbocycles. The Hall–Kier alpha value is -1.16. The largest absolute Gasteiger partial charge is 0.346 e. The van der Waals surface area contributed by atoms with Gasteiger partial charge in [0.2, 0.25) is 0 Å². The molecule has 2 aromatic rings. The minimum Gasteiger partial charge on any atom is -0.346 e. The van der Waals surface area contributed by atoms with Crippen molar-refractivity contribution in [3.63, 3.8) is 0 Å². The Morgan fingerprint density at radius 3 is 2.28 bits per heavy atom. The van der Waals surface area contributed by atoms with Crippen molar-refractivity contribution >= 4 is 15.9 Å². The average Bonchev–Trinajstić information content (AvgIpc) is 2.93. The third-order valence-electron chi connectivity index (χ3n) is 2.94. The van der Waals surface area contributed by atoms with Crippen molar-refractivity contribution in [2.24, 2.45) is 0 Å². The van der Waals surface area contributed by atoms with Gasteiger partial charge in [-0.3, -0.25) is 0 Å². The lowest BCUT2D eigenvalue weighted by Crippen LogP contribution is -1.97. The maximum Gasteiger partial charge on any atom is 0.184 e. The van der Waals surface area contributed by atoms with Gasteiger partial charge in [0.1, 0.15) is 0 Å². The fourth-order valence-electron chi connectivity index (χ4n) is 2.08. The molecule has 0 aliphatic carbocycles. The molecule has 0 N–H and O–H groups in total. The fourth-order valence-corrected chi connectivity index (χ4v) is 2.48. The van der Waals surface area contributed by atoms with Gasteiger partial charge in [-0.2, -0.15) is 0 Å². The van der Waals surface area contributed by atoms with E-state index in [0.717, 1.165) is 10.0 Å². The number of ether oxygens (including phenoxy) is 2. The van der Waals surface area contributed by atoms with Crippen molar-refractivity contribution < 1.29 is 9.47 Å². The number of hydrogen-bond acceptors (Lipinski definition) is 2. The number of rotatable bonds is 2. The first-order valence-corrected chi connectivity index (χ1v) is 6.71. The first kappa shape index (κ1) is 11.9. The summed E-state index contributed by atoms with van der Waals surface area (Å²) in [5.41, 5.74) is 3.43. The number of hydrogen-bond donors (Lipinski definition) is 0. The van der Waals surface area contributed by atoms with Gasteiger partial charge < -0.3 is 9.47 Å². The Kier molecular flexibility index (Phi) is 3.46. The Bertz CT molecular complexity index is 548. The van der Waals surface area contributed by atoms with E-state index in [9.17, 15) is 0 Å². The van der Waals surface area contributed by atoms with Crippen molar-refractivity contribution in [2.75, 3.05) is 13.2 Å². The smallest absolute Gasteiger partial charge is 0.184 e. The molecule has 18 heavy (non-hydrogen) atoms. The monoisotopic (exact) mass is 304 g/mol. The summed E-state index contributed by atoms with van der Waals surface area (Å²) in [6.07, 6.45) is -0.211. The van der Waals surface area contributed by atoms with Crippen LogP contribution in [0.2, 0.25) is 0 Å². The van der Waals surface area contributed by atoms with E-state index in [0.29, 0.717) is 13.2 Å². The maximum absolute atomic E-state index is 5.52. The summed E-state index contributed by atoms with van der Waals surface area (Å²) in [5.74, 6) is 0. The lowest BCUT2D eigenvalue weighted by atomic mass is 10.0. The zero-order valence-electron chi connectivity index (χ0n) is 9.80. The summed E-state index contributed by atoms with van der Waals surface area (Å²) in [5, 5.41) is 0. The second-order valence-corrected chi connectivity index (χ2v) is 5.12. The molecule has 0 unspecified atom stereocenters. The van der Waals surface area contributed by atoms with Gasteiger partial charge >= 0.3 is 0 Å². The van der Waals surface area contributed by atoms with Gasteiger partial charge in [0.05, 0.1) is 13.2 Å². The van der Waals surface area contributed by atoms with E-state index in [4.69, 9.17) is 9.47 Å². The van der Waals surface area contributed by atoms with Crippen molar-refractivity contribution in [3.8, 4) is 11.1 Å². The van der Waals surface area contributed by atoms with Gasteiger partial charge in [-0.1, -0.05) is 46.3 Å². The molecule has 92 valence electrons. The molecule has 3 heteroatoms. The molecule has 2 nitrogen and oxygen atoms in total. The minimum atomic E-state index is -0.211. The van der Waals surface area contributed by atoms with Crippen LogP contribution in [0, 0.1) is 0 Å². The van der Waals surface area contributed by atoms with Crippen molar-refractivity contribution in [1.29, 1.82) is 0 Å². The lowest BCUT2D eigenvalue weighted by Gasteiger charge is -2.11. The van der Waals surface area contributed by atoms with Gasteiger partial charge in [-0.05, 0) is 29.3 Å². The highest BCUT2D eigenvalue weighted by Gasteiger charge is 2.18. The summed E-state index contributed by atoms with van der Waals surface area (Å²) >= 11 is 3.49. The predicted molar refractivity (Wildman–Crippen MR) is 74.2 cm³/mol. The molecule has 1 aliphatic rings. The van der Waals surface area contributed by atoms with Crippen LogP contribution in [0.4, 0.5) is 0 Å². The first-order valence-electron chi connectivity index (χ1n) is 5.92. The lowest BCUT2D eigenvalue weighted by molar-refractivity contribution is -0.0440. The van der Waals surface area contributed by atoms with Crippen molar-refractivity contribution in [1.82, 2.24) is 0 Å². The summed E-state index contributed by atoms with van der Waals surface area (Å²) in [7, 11) is 0. The van der Waals surface area contributed by atoms with E-state index in [1.54, 1.807) is 0 Å². The predicted octanol–water partition coefficient (Wildman–Crippen LogP) is 4.16. The van der Waals surface area contributed by atoms with Gasteiger partial charge in [-0.15, -0.1) is 0 Å². The Morgan fingerprint density at radius 2 is 1.56 bits per heavy atom. The van der Waals surface area contributed by atoms with Crippen LogP contribution in [0.25, 0.3) is 11.1 Å². The van der Waals surface area contributed by atoms with Gasteiger partial charge in [-0.25, -0.2) is 0 Å². The van der Waals surface area contributed by atoms with E-state index in [1.807, 2.05) is 24.3 Å². The van der Waals surface area contributed by atoms with E-state index < -0.39 is 0 Å². The highest BCUT2D eigenvalue weighted by Crippen LogP contribution is 2.28. The zero-order chi connectivity index (χ0) is 12.4. The van der Waals surface area contributed by atoms with E-state index >= 15 is 0 Å². The van der Waals surface area contributed by atoms with Crippen LogP contribution in [-0.2, 0) is 9.47 Å². The highest BCUT2D eigenvalue weighted by atomic mass is 79.9. The van der Waals surface area contributed by atoms with E-state index in [-0.39, 0.29) is 6.29 Å².